The fraction of sp³-hybridized carbons (Fsp3) is 0.258. The average Bonchev–Trinajstić information content (AvgIpc) is 3.51. The summed E-state index contributed by atoms with van der Waals surface area (Å²) in [6.45, 7) is 7.63. The van der Waals surface area contributed by atoms with Crippen molar-refractivity contribution in [1.82, 2.24) is 4.98 Å². The SMILES string of the molecule is C=CCOC(=O)c1sc(N2C(=O)C(=O)/C(=C(/O)c3cccc(OCCCC)c3)C2c2ccc(C(=O)OC)cc2)nc1C. The van der Waals surface area contributed by atoms with Gasteiger partial charge >= 0.3 is 17.8 Å². The van der Waals surface area contributed by atoms with Crippen molar-refractivity contribution in [3.05, 3.63) is 94.0 Å². The van der Waals surface area contributed by atoms with Gasteiger partial charge in [-0.1, -0.05) is 61.6 Å². The van der Waals surface area contributed by atoms with E-state index in [4.69, 9.17) is 14.2 Å². The Kier molecular flexibility index (Phi) is 9.53. The van der Waals surface area contributed by atoms with Gasteiger partial charge in [0.25, 0.3) is 5.78 Å². The first kappa shape index (κ1) is 30.2. The minimum absolute atomic E-state index is 0.0101. The summed E-state index contributed by atoms with van der Waals surface area (Å²) < 4.78 is 15.7. The van der Waals surface area contributed by atoms with Crippen LogP contribution in [0, 0.1) is 6.92 Å². The number of hydrogen-bond donors (Lipinski definition) is 1. The van der Waals surface area contributed by atoms with Gasteiger partial charge in [0.05, 0.1) is 36.6 Å². The molecule has 2 heterocycles. The highest BCUT2D eigenvalue weighted by Gasteiger charge is 2.48. The first-order valence-electron chi connectivity index (χ1n) is 13.2. The third-order valence-corrected chi connectivity index (χ3v) is 7.61. The number of aryl methyl sites for hydroxylation is 1. The maximum Gasteiger partial charge on any atom is 0.350 e. The van der Waals surface area contributed by atoms with Crippen molar-refractivity contribution >= 4 is 45.9 Å². The predicted octanol–water partition coefficient (Wildman–Crippen LogP) is 5.39. The topological polar surface area (TPSA) is 132 Å². The van der Waals surface area contributed by atoms with Gasteiger partial charge in [0.2, 0.25) is 0 Å². The number of ether oxygens (including phenoxy) is 3. The van der Waals surface area contributed by atoms with Crippen LogP contribution < -0.4 is 9.64 Å². The first-order valence-corrected chi connectivity index (χ1v) is 14.0. The van der Waals surface area contributed by atoms with Gasteiger partial charge in [-0.2, -0.15) is 0 Å². The number of hydrogen-bond acceptors (Lipinski definition) is 10. The van der Waals surface area contributed by atoms with Crippen LogP contribution in [0.5, 0.6) is 5.75 Å². The summed E-state index contributed by atoms with van der Waals surface area (Å²) in [4.78, 5) is 57.4. The van der Waals surface area contributed by atoms with Crippen molar-refractivity contribution in [2.24, 2.45) is 0 Å². The van der Waals surface area contributed by atoms with Crippen molar-refractivity contribution < 1.29 is 38.5 Å². The first-order chi connectivity index (χ1) is 20.2. The van der Waals surface area contributed by atoms with Crippen molar-refractivity contribution in [3.63, 3.8) is 0 Å². The highest BCUT2D eigenvalue weighted by Crippen LogP contribution is 2.44. The quantitative estimate of drug-likeness (QED) is 0.0780. The molecule has 218 valence electrons. The number of methoxy groups -OCH3 is 1. The summed E-state index contributed by atoms with van der Waals surface area (Å²) in [5, 5.41) is 11.5. The van der Waals surface area contributed by atoms with Gasteiger partial charge in [-0.25, -0.2) is 14.6 Å². The van der Waals surface area contributed by atoms with Crippen LogP contribution in [-0.4, -0.2) is 54.0 Å². The number of benzene rings is 2. The standard InChI is InChI=1S/C31H30N2O8S/c1-5-7-16-40-22-10-8-9-21(17-22)25(34)23-24(19-11-13-20(14-12-19)29(37)39-4)33(28(36)26(23)35)31-32-18(3)27(42-31)30(38)41-15-6-2/h6,8-14,17,24,34H,2,5,7,15-16H2,1,3-4H3/b25-23+. The zero-order valence-corrected chi connectivity index (χ0v) is 24.2. The Balaban J connectivity index is 1.85. The lowest BCUT2D eigenvalue weighted by atomic mass is 9.94. The van der Waals surface area contributed by atoms with E-state index in [1.165, 1.54) is 25.3 Å². The maximum atomic E-state index is 13.5. The van der Waals surface area contributed by atoms with Crippen molar-refractivity contribution in [2.45, 2.75) is 32.7 Å². The molecule has 0 radical (unpaired) electrons. The largest absolute Gasteiger partial charge is 0.507 e. The molecule has 1 unspecified atom stereocenters. The van der Waals surface area contributed by atoms with Crippen molar-refractivity contribution in [3.8, 4) is 5.75 Å². The van der Waals surface area contributed by atoms with Crippen LogP contribution in [0.25, 0.3) is 5.76 Å². The van der Waals surface area contributed by atoms with Crippen LogP contribution in [0.15, 0.2) is 66.8 Å². The monoisotopic (exact) mass is 590 g/mol. The normalized spacial score (nSPS) is 15.9. The van der Waals surface area contributed by atoms with Crippen LogP contribution >= 0.6 is 11.3 Å². The number of nitrogens with zero attached hydrogens (tertiary/aromatic N) is 2. The molecule has 1 aromatic heterocycles. The Bertz CT molecular complexity index is 1560. The number of rotatable bonds is 11. The summed E-state index contributed by atoms with van der Waals surface area (Å²) in [5.74, 6) is -2.99. The Labute approximate surface area is 246 Å². The Hall–Kier alpha value is -4.77. The minimum Gasteiger partial charge on any atom is -0.507 e. The van der Waals surface area contributed by atoms with Crippen LogP contribution in [0.3, 0.4) is 0 Å². The molecule has 3 aromatic rings. The summed E-state index contributed by atoms with van der Waals surface area (Å²) in [5.41, 5.74) is 1.08. The van der Waals surface area contributed by atoms with E-state index < -0.39 is 35.4 Å². The zero-order chi connectivity index (χ0) is 30.4. The van der Waals surface area contributed by atoms with E-state index in [9.17, 15) is 24.3 Å². The molecule has 1 saturated heterocycles. The second-order valence-corrected chi connectivity index (χ2v) is 10.3. The number of aliphatic hydroxyl groups excluding tert-OH is 1. The van der Waals surface area contributed by atoms with Gasteiger partial charge in [-0.15, -0.1) is 0 Å². The summed E-state index contributed by atoms with van der Waals surface area (Å²) in [7, 11) is 1.26. The van der Waals surface area contributed by atoms with Gasteiger partial charge < -0.3 is 19.3 Å². The van der Waals surface area contributed by atoms with Crippen LogP contribution in [0.2, 0.25) is 0 Å². The molecule has 42 heavy (non-hydrogen) atoms. The van der Waals surface area contributed by atoms with Crippen molar-refractivity contribution in [1.29, 1.82) is 0 Å². The zero-order valence-electron chi connectivity index (χ0n) is 23.4. The lowest BCUT2D eigenvalue weighted by Crippen LogP contribution is -2.29. The molecular formula is C31H30N2O8S. The molecule has 1 aliphatic heterocycles. The number of thiazole rings is 1. The lowest BCUT2D eigenvalue weighted by molar-refractivity contribution is -0.132. The molecule has 0 aliphatic carbocycles. The van der Waals surface area contributed by atoms with E-state index in [1.54, 1.807) is 43.3 Å². The van der Waals surface area contributed by atoms with E-state index in [-0.39, 0.29) is 33.3 Å². The van der Waals surface area contributed by atoms with E-state index in [0.29, 0.717) is 23.6 Å². The molecular weight excluding hydrogens is 560 g/mol. The number of ketones is 1. The number of anilines is 1. The second-order valence-electron chi connectivity index (χ2n) is 9.31. The number of Topliss-reactive ketones (excluding diaryl/α,β-unsaturated/α-hetero) is 1. The molecule has 10 nitrogen and oxygen atoms in total. The van der Waals surface area contributed by atoms with Gasteiger partial charge in [0.1, 0.15) is 23.0 Å². The van der Waals surface area contributed by atoms with E-state index in [2.05, 4.69) is 11.6 Å². The molecule has 0 saturated carbocycles. The summed E-state index contributed by atoms with van der Waals surface area (Å²) in [6, 6.07) is 11.6. The smallest absolute Gasteiger partial charge is 0.350 e. The molecule has 1 fully saturated rings. The van der Waals surface area contributed by atoms with Gasteiger partial charge in [-0.05, 0) is 43.2 Å². The second kappa shape index (κ2) is 13.3. The fourth-order valence-electron chi connectivity index (χ4n) is 4.36. The molecule has 0 bridgehead atoms. The third-order valence-electron chi connectivity index (χ3n) is 6.48. The number of unbranched alkanes of at least 4 members (excludes halogenated alkanes) is 1. The Morgan fingerprint density at radius 2 is 1.86 bits per heavy atom. The number of aliphatic hydroxyl groups is 1. The molecule has 1 atom stereocenters. The fourth-order valence-corrected chi connectivity index (χ4v) is 5.35. The summed E-state index contributed by atoms with van der Waals surface area (Å²) in [6.07, 6.45) is 3.22. The Morgan fingerprint density at radius 3 is 2.52 bits per heavy atom. The maximum absolute atomic E-state index is 13.5. The summed E-state index contributed by atoms with van der Waals surface area (Å²) >= 11 is 0.889. The van der Waals surface area contributed by atoms with Gasteiger partial charge in [0.15, 0.2) is 5.13 Å². The van der Waals surface area contributed by atoms with Gasteiger partial charge in [-0.3, -0.25) is 14.5 Å². The third kappa shape index (κ3) is 6.10. The molecule has 11 heteroatoms. The number of esters is 2. The number of aromatic nitrogens is 1. The van der Waals surface area contributed by atoms with E-state index in [1.807, 2.05) is 6.92 Å². The van der Waals surface area contributed by atoms with Crippen LogP contribution in [0.1, 0.15) is 62.7 Å². The Morgan fingerprint density at radius 1 is 1.12 bits per heavy atom. The predicted molar refractivity (Wildman–Crippen MR) is 157 cm³/mol. The molecule has 1 amide bonds. The average molecular weight is 591 g/mol. The van der Waals surface area contributed by atoms with E-state index >= 15 is 0 Å². The molecule has 0 spiro atoms. The van der Waals surface area contributed by atoms with Crippen molar-refractivity contribution in [2.75, 3.05) is 25.2 Å². The van der Waals surface area contributed by atoms with E-state index in [0.717, 1.165) is 29.1 Å². The molecule has 1 N–H and O–H groups in total. The lowest BCUT2D eigenvalue weighted by Gasteiger charge is -2.23. The molecule has 1 aliphatic rings. The number of carbonyl (C=O) groups is 4. The van der Waals surface area contributed by atoms with Gasteiger partial charge in [0, 0.05) is 5.56 Å². The highest BCUT2D eigenvalue weighted by molar-refractivity contribution is 7.17. The molecule has 2 aromatic carbocycles. The minimum atomic E-state index is -1.12. The molecule has 4 rings (SSSR count). The van der Waals surface area contributed by atoms with Crippen LogP contribution in [-0.2, 0) is 19.1 Å². The van der Waals surface area contributed by atoms with Crippen LogP contribution in [0.4, 0.5) is 5.13 Å². The number of amides is 1. The number of carbonyl (C=O) groups excluding carboxylic acids is 4. The highest BCUT2D eigenvalue weighted by atomic mass is 32.1.